The first-order chi connectivity index (χ1) is 5.54. The topological polar surface area (TPSA) is 83.8 Å². The first-order valence-electron chi connectivity index (χ1n) is 2.82. The minimum Gasteiger partial charge on any atom is -0.505 e. The fourth-order valence-electron chi connectivity index (χ4n) is 0.143. The maximum atomic E-state index is 9.55. The van der Waals surface area contributed by atoms with Gasteiger partial charge in [0.15, 0.2) is 0 Å². The average Bonchev–Trinajstić information content (AvgIpc) is 2.01. The van der Waals surface area contributed by atoms with Crippen molar-refractivity contribution in [1.29, 1.82) is 0 Å². The Kier molecular flexibility index (Phi) is 9.88. The molecule has 12 heavy (non-hydrogen) atoms. The lowest BCUT2D eigenvalue weighted by atomic mass is 10.5. The van der Waals surface area contributed by atoms with E-state index in [-0.39, 0.29) is 0 Å². The molecule has 0 spiro atoms. The van der Waals surface area contributed by atoms with Gasteiger partial charge in [-0.2, -0.15) is 0 Å². The minimum absolute atomic E-state index is 0.558. The summed E-state index contributed by atoms with van der Waals surface area (Å²) >= 11 is 0. The Morgan fingerprint density at radius 3 is 1.58 bits per heavy atom. The molecule has 0 rings (SSSR count). The van der Waals surface area contributed by atoms with Crippen molar-refractivity contribution in [3.05, 3.63) is 25.0 Å². The summed E-state index contributed by atoms with van der Waals surface area (Å²) in [4.78, 5) is 19.1. The molecule has 0 aromatic heterocycles. The minimum atomic E-state index is -1.26. The molecule has 0 unspecified atom stereocenters. The zero-order valence-electron chi connectivity index (χ0n) is 6.56. The molecule has 0 aliphatic heterocycles. The van der Waals surface area contributed by atoms with Crippen LogP contribution in [0, 0.1) is 0 Å². The molecule has 0 radical (unpaired) electrons. The van der Waals surface area contributed by atoms with Gasteiger partial charge >= 0.3 is 11.9 Å². The van der Waals surface area contributed by atoms with Gasteiger partial charge in [0.2, 0.25) is 0 Å². The van der Waals surface area contributed by atoms with Crippen molar-refractivity contribution in [3.63, 3.8) is 0 Å². The Balaban J connectivity index is 0. The van der Waals surface area contributed by atoms with E-state index in [1.807, 2.05) is 0 Å². The third-order valence-corrected chi connectivity index (χ3v) is 0.535. The largest absolute Gasteiger partial charge is 0.505 e. The first-order valence-corrected chi connectivity index (χ1v) is 2.82. The second kappa shape index (κ2) is 9.22. The van der Waals surface area contributed by atoms with Crippen molar-refractivity contribution in [3.8, 4) is 0 Å². The van der Waals surface area contributed by atoms with E-state index in [1.165, 1.54) is 6.26 Å². The molecule has 2 N–H and O–H groups in total. The van der Waals surface area contributed by atoms with Crippen LogP contribution in [0.5, 0.6) is 0 Å². The summed E-state index contributed by atoms with van der Waals surface area (Å²) in [6.45, 7) is 3.26. The fourth-order valence-corrected chi connectivity index (χ4v) is 0.143. The number of hydrogen-bond acceptors (Lipinski definition) is 3. The maximum absolute atomic E-state index is 9.55. The lowest BCUT2D eigenvalue weighted by Gasteiger charge is -1.74. The third-order valence-electron chi connectivity index (χ3n) is 0.535. The number of methoxy groups -OCH3 is 1. The number of carboxylic acid groups (broad SMARTS) is 2. The smallest absolute Gasteiger partial charge is 0.328 e. The number of hydrogen-bond donors (Lipinski definition) is 2. The van der Waals surface area contributed by atoms with Gasteiger partial charge in [-0.15, -0.1) is 0 Å². The summed E-state index contributed by atoms with van der Waals surface area (Å²) in [5.41, 5.74) is 0. The summed E-state index contributed by atoms with van der Waals surface area (Å²) in [6, 6.07) is 0. The Morgan fingerprint density at radius 1 is 1.25 bits per heavy atom. The van der Waals surface area contributed by atoms with Gasteiger partial charge in [-0.05, 0) is 0 Å². The van der Waals surface area contributed by atoms with Crippen LogP contribution in [0.1, 0.15) is 0 Å². The van der Waals surface area contributed by atoms with Crippen LogP contribution in [0.3, 0.4) is 0 Å². The molecule has 0 saturated heterocycles. The van der Waals surface area contributed by atoms with E-state index >= 15 is 0 Å². The highest BCUT2D eigenvalue weighted by atomic mass is 16.5. The SMILES string of the molecule is C=COC.O=C(O)/C=C\C(=O)O. The van der Waals surface area contributed by atoms with Gasteiger partial charge in [0.1, 0.15) is 0 Å². The van der Waals surface area contributed by atoms with Gasteiger partial charge in [-0.1, -0.05) is 6.58 Å². The Labute approximate surface area is 69.6 Å². The van der Waals surface area contributed by atoms with Crippen molar-refractivity contribution < 1.29 is 24.5 Å². The highest BCUT2D eigenvalue weighted by Crippen LogP contribution is 1.70. The number of ether oxygens (including phenoxy) is 1. The van der Waals surface area contributed by atoms with E-state index in [4.69, 9.17) is 10.2 Å². The highest BCUT2D eigenvalue weighted by molar-refractivity contribution is 5.89. The van der Waals surface area contributed by atoms with Crippen LogP contribution in [0.15, 0.2) is 25.0 Å². The zero-order valence-corrected chi connectivity index (χ0v) is 6.56. The zero-order chi connectivity index (χ0) is 9.98. The summed E-state index contributed by atoms with van der Waals surface area (Å²) in [7, 11) is 1.56. The van der Waals surface area contributed by atoms with Gasteiger partial charge < -0.3 is 14.9 Å². The van der Waals surface area contributed by atoms with Crippen LogP contribution in [0.2, 0.25) is 0 Å². The van der Waals surface area contributed by atoms with E-state index in [1.54, 1.807) is 7.11 Å². The normalized spacial score (nSPS) is 8.08. The third kappa shape index (κ3) is 24.1. The predicted octanol–water partition coefficient (Wildman–Crippen LogP) is 0.488. The quantitative estimate of drug-likeness (QED) is 0.480. The molecule has 5 nitrogen and oxygen atoms in total. The lowest BCUT2D eigenvalue weighted by Crippen LogP contribution is -1.91. The van der Waals surface area contributed by atoms with Crippen LogP contribution in [-0.4, -0.2) is 29.3 Å². The molecule has 0 bridgehead atoms. The molecule has 0 saturated carbocycles. The number of carboxylic acids is 2. The van der Waals surface area contributed by atoms with Gasteiger partial charge in [0.05, 0.1) is 13.4 Å². The van der Waals surface area contributed by atoms with Crippen molar-refractivity contribution >= 4 is 11.9 Å². The molecule has 0 aliphatic rings. The summed E-state index contributed by atoms with van der Waals surface area (Å²) in [5, 5.41) is 15.6. The van der Waals surface area contributed by atoms with Gasteiger partial charge in [-0.25, -0.2) is 9.59 Å². The molecular formula is C7H10O5. The molecular weight excluding hydrogens is 164 g/mol. The summed E-state index contributed by atoms with van der Waals surface area (Å²) < 4.78 is 4.31. The molecule has 0 amide bonds. The summed E-state index contributed by atoms with van der Waals surface area (Å²) in [6.07, 6.45) is 2.49. The van der Waals surface area contributed by atoms with Crippen molar-refractivity contribution in [2.45, 2.75) is 0 Å². The summed E-state index contributed by atoms with van der Waals surface area (Å²) in [5.74, 6) is -2.51. The van der Waals surface area contributed by atoms with E-state index in [9.17, 15) is 9.59 Å². The van der Waals surface area contributed by atoms with E-state index < -0.39 is 11.9 Å². The fraction of sp³-hybridized carbons (Fsp3) is 0.143. The number of aliphatic carboxylic acids is 2. The van der Waals surface area contributed by atoms with Crippen LogP contribution in [0.4, 0.5) is 0 Å². The number of rotatable bonds is 3. The van der Waals surface area contributed by atoms with Crippen molar-refractivity contribution in [2.24, 2.45) is 0 Å². The van der Waals surface area contributed by atoms with Gasteiger partial charge in [-0.3, -0.25) is 0 Å². The Hall–Kier alpha value is -1.78. The molecule has 0 aromatic rings. The van der Waals surface area contributed by atoms with Gasteiger partial charge in [0.25, 0.3) is 0 Å². The van der Waals surface area contributed by atoms with E-state index in [0.29, 0.717) is 12.2 Å². The highest BCUT2D eigenvalue weighted by Gasteiger charge is 1.88. The first kappa shape index (κ1) is 12.9. The van der Waals surface area contributed by atoms with Crippen LogP contribution >= 0.6 is 0 Å². The molecule has 68 valence electrons. The predicted molar refractivity (Wildman–Crippen MR) is 41.6 cm³/mol. The van der Waals surface area contributed by atoms with Crippen molar-refractivity contribution in [1.82, 2.24) is 0 Å². The van der Waals surface area contributed by atoms with Gasteiger partial charge in [0, 0.05) is 12.2 Å². The standard InChI is InChI=1S/C4H4O4.C3H6O/c5-3(6)1-2-4(7)8;1-3-4-2/h1-2H,(H,5,6)(H,7,8);3H,1H2,2H3/b2-1-;. The van der Waals surface area contributed by atoms with Crippen LogP contribution in [-0.2, 0) is 14.3 Å². The Bertz CT molecular complexity index is 166. The molecule has 5 heteroatoms. The monoisotopic (exact) mass is 174 g/mol. The molecule has 0 aromatic carbocycles. The Morgan fingerprint density at radius 2 is 1.50 bits per heavy atom. The second-order valence-electron chi connectivity index (χ2n) is 1.41. The van der Waals surface area contributed by atoms with Crippen LogP contribution < -0.4 is 0 Å². The average molecular weight is 174 g/mol. The second-order valence-corrected chi connectivity index (χ2v) is 1.41. The molecule has 0 heterocycles. The van der Waals surface area contributed by atoms with Crippen molar-refractivity contribution in [2.75, 3.05) is 7.11 Å². The maximum Gasteiger partial charge on any atom is 0.328 e. The molecule has 0 aliphatic carbocycles. The molecule has 0 atom stereocenters. The molecule has 0 fully saturated rings. The lowest BCUT2D eigenvalue weighted by molar-refractivity contribution is -0.134. The van der Waals surface area contributed by atoms with Crippen LogP contribution in [0.25, 0.3) is 0 Å². The van der Waals surface area contributed by atoms with E-state index in [2.05, 4.69) is 11.3 Å². The van der Waals surface area contributed by atoms with E-state index in [0.717, 1.165) is 0 Å². The number of carbonyl (C=O) groups is 2.